The average Bonchev–Trinajstić information content (AvgIpc) is 3.26. The molecule has 0 fully saturated rings. The third kappa shape index (κ3) is 7.70. The van der Waals surface area contributed by atoms with Gasteiger partial charge in [-0.1, -0.05) is 55.0 Å². The summed E-state index contributed by atoms with van der Waals surface area (Å²) < 4.78 is 8.44. The first-order chi connectivity index (χ1) is 18.5. The van der Waals surface area contributed by atoms with E-state index in [2.05, 4.69) is 79.2 Å². The van der Waals surface area contributed by atoms with Crippen molar-refractivity contribution in [3.8, 4) is 5.75 Å². The summed E-state index contributed by atoms with van der Waals surface area (Å²) in [6, 6.07) is 22.8. The van der Waals surface area contributed by atoms with Crippen LogP contribution in [0.4, 0.5) is 0 Å². The summed E-state index contributed by atoms with van der Waals surface area (Å²) in [7, 11) is 0. The molecule has 1 heterocycles. The highest BCUT2D eigenvalue weighted by Crippen LogP contribution is 2.21. The van der Waals surface area contributed by atoms with E-state index in [1.54, 1.807) is 0 Å². The zero-order valence-electron chi connectivity index (χ0n) is 23.1. The molecule has 0 aliphatic carbocycles. The predicted octanol–water partition coefficient (Wildman–Crippen LogP) is 6.89. The van der Waals surface area contributed by atoms with Crippen molar-refractivity contribution in [2.24, 2.45) is 0 Å². The van der Waals surface area contributed by atoms with Crippen LogP contribution in [0.2, 0.25) is 0 Å². The Kier molecular flexibility index (Phi) is 9.97. The van der Waals surface area contributed by atoms with Crippen molar-refractivity contribution < 1.29 is 9.53 Å². The summed E-state index contributed by atoms with van der Waals surface area (Å²) in [4.78, 5) is 17.2. The Morgan fingerprint density at radius 2 is 1.68 bits per heavy atom. The highest BCUT2D eigenvalue weighted by Gasteiger charge is 2.11. The third-order valence-corrected chi connectivity index (χ3v) is 7.12. The first-order valence-corrected chi connectivity index (χ1v) is 14.0. The van der Waals surface area contributed by atoms with Gasteiger partial charge in [-0.3, -0.25) is 4.79 Å². The number of carbonyl (C=O) groups is 1. The molecule has 0 spiro atoms. The van der Waals surface area contributed by atoms with Gasteiger partial charge in [0.15, 0.2) is 0 Å². The fourth-order valence-corrected chi connectivity index (χ4v) is 4.84. The van der Waals surface area contributed by atoms with Gasteiger partial charge in [0.25, 0.3) is 0 Å². The van der Waals surface area contributed by atoms with E-state index in [0.717, 1.165) is 80.9 Å². The standard InChI is InChI=1S/C33H41N3O2/c1-25-18-19-27(3)31(23-25)38-22-12-11-21-36-30-16-9-8-15-29(30)35-32(36)17-5-4-10-20-34-33(37)24-28-14-7-6-13-26(28)2/h6-9,13-16,18-19,23H,4-5,10-12,17,20-22,24H2,1-3H3,(H,34,37). The Labute approximate surface area is 227 Å². The van der Waals surface area contributed by atoms with Crippen LogP contribution in [-0.4, -0.2) is 28.6 Å². The molecule has 5 nitrogen and oxygen atoms in total. The van der Waals surface area contributed by atoms with Gasteiger partial charge in [0.2, 0.25) is 5.91 Å². The van der Waals surface area contributed by atoms with Gasteiger partial charge in [-0.2, -0.15) is 0 Å². The molecule has 38 heavy (non-hydrogen) atoms. The molecule has 0 atom stereocenters. The summed E-state index contributed by atoms with van der Waals surface area (Å²) in [5.41, 5.74) is 6.95. The highest BCUT2D eigenvalue weighted by atomic mass is 16.5. The maximum Gasteiger partial charge on any atom is 0.224 e. The fraction of sp³-hybridized carbons (Fsp3) is 0.394. The first kappa shape index (κ1) is 27.4. The second-order valence-corrected chi connectivity index (χ2v) is 10.3. The maximum absolute atomic E-state index is 12.3. The van der Waals surface area contributed by atoms with Gasteiger partial charge in [0.05, 0.1) is 24.1 Å². The Bertz CT molecular complexity index is 1340. The minimum absolute atomic E-state index is 0.0997. The monoisotopic (exact) mass is 511 g/mol. The molecular formula is C33H41N3O2. The van der Waals surface area contributed by atoms with Crippen molar-refractivity contribution in [1.82, 2.24) is 14.9 Å². The molecule has 0 bridgehead atoms. The lowest BCUT2D eigenvalue weighted by atomic mass is 10.1. The van der Waals surface area contributed by atoms with Gasteiger partial charge in [-0.15, -0.1) is 0 Å². The molecule has 1 amide bonds. The van der Waals surface area contributed by atoms with E-state index in [-0.39, 0.29) is 5.91 Å². The number of aromatic nitrogens is 2. The molecule has 0 aliphatic heterocycles. The second-order valence-electron chi connectivity index (χ2n) is 10.3. The lowest BCUT2D eigenvalue weighted by molar-refractivity contribution is -0.120. The molecule has 0 radical (unpaired) electrons. The van der Waals surface area contributed by atoms with E-state index in [1.807, 2.05) is 18.2 Å². The molecule has 0 unspecified atom stereocenters. The van der Waals surface area contributed by atoms with Crippen LogP contribution in [0.15, 0.2) is 66.7 Å². The summed E-state index contributed by atoms with van der Waals surface area (Å²) >= 11 is 0. The molecule has 4 rings (SSSR count). The number of amides is 1. The zero-order chi connectivity index (χ0) is 26.7. The molecule has 4 aromatic rings. The Morgan fingerprint density at radius 1 is 0.868 bits per heavy atom. The molecule has 5 heteroatoms. The topological polar surface area (TPSA) is 56.1 Å². The number of hydrogen-bond acceptors (Lipinski definition) is 3. The lowest BCUT2D eigenvalue weighted by Gasteiger charge is -2.12. The molecular weight excluding hydrogens is 470 g/mol. The SMILES string of the molecule is Cc1ccc(C)c(OCCCCn2c(CCCCCNC(=O)Cc3ccccc3C)nc3ccccc32)c1. The normalized spacial score (nSPS) is 11.1. The van der Waals surface area contributed by atoms with E-state index in [0.29, 0.717) is 6.42 Å². The first-order valence-electron chi connectivity index (χ1n) is 14.0. The van der Waals surface area contributed by atoms with Crippen LogP contribution < -0.4 is 10.1 Å². The number of para-hydroxylation sites is 2. The van der Waals surface area contributed by atoms with Gasteiger partial charge >= 0.3 is 0 Å². The second kappa shape index (κ2) is 13.8. The van der Waals surface area contributed by atoms with Crippen molar-refractivity contribution >= 4 is 16.9 Å². The number of nitrogens with zero attached hydrogens (tertiary/aromatic N) is 2. The average molecular weight is 512 g/mol. The number of carbonyl (C=O) groups excluding carboxylic acids is 1. The number of unbranched alkanes of at least 4 members (excludes halogenated alkanes) is 3. The maximum atomic E-state index is 12.3. The van der Waals surface area contributed by atoms with E-state index in [4.69, 9.17) is 9.72 Å². The van der Waals surface area contributed by atoms with Gasteiger partial charge in [-0.05, 0) is 86.9 Å². The zero-order valence-corrected chi connectivity index (χ0v) is 23.1. The number of nitrogens with one attached hydrogen (secondary N) is 1. The Balaban J connectivity index is 1.20. The smallest absolute Gasteiger partial charge is 0.224 e. The van der Waals surface area contributed by atoms with Crippen LogP contribution >= 0.6 is 0 Å². The van der Waals surface area contributed by atoms with Gasteiger partial charge < -0.3 is 14.6 Å². The van der Waals surface area contributed by atoms with E-state index in [1.165, 1.54) is 22.2 Å². The van der Waals surface area contributed by atoms with Crippen LogP contribution in [0.3, 0.4) is 0 Å². The molecule has 0 aliphatic rings. The number of benzene rings is 3. The predicted molar refractivity (Wildman–Crippen MR) is 156 cm³/mol. The van der Waals surface area contributed by atoms with Crippen LogP contribution in [0.1, 0.15) is 60.2 Å². The van der Waals surface area contributed by atoms with Crippen molar-refractivity contribution in [3.63, 3.8) is 0 Å². The van der Waals surface area contributed by atoms with Crippen LogP contribution in [0.5, 0.6) is 5.75 Å². The number of fused-ring (bicyclic) bond motifs is 1. The summed E-state index contributed by atoms with van der Waals surface area (Å²) in [6.45, 7) is 8.64. The minimum atomic E-state index is 0.0997. The molecule has 200 valence electrons. The largest absolute Gasteiger partial charge is 0.493 e. The number of hydrogen-bond donors (Lipinski definition) is 1. The van der Waals surface area contributed by atoms with E-state index in [9.17, 15) is 4.79 Å². The minimum Gasteiger partial charge on any atom is -0.493 e. The summed E-state index contributed by atoms with van der Waals surface area (Å²) in [5, 5.41) is 3.08. The van der Waals surface area contributed by atoms with Crippen LogP contribution in [0.25, 0.3) is 11.0 Å². The summed E-state index contributed by atoms with van der Waals surface area (Å²) in [6.07, 6.45) is 6.56. The van der Waals surface area contributed by atoms with E-state index >= 15 is 0 Å². The molecule has 3 aromatic carbocycles. The Morgan fingerprint density at radius 3 is 2.55 bits per heavy atom. The number of rotatable bonds is 14. The van der Waals surface area contributed by atoms with Crippen LogP contribution in [0, 0.1) is 20.8 Å². The number of imidazole rings is 1. The summed E-state index contributed by atoms with van der Waals surface area (Å²) in [5.74, 6) is 2.25. The fourth-order valence-electron chi connectivity index (χ4n) is 4.84. The quantitative estimate of drug-likeness (QED) is 0.188. The lowest BCUT2D eigenvalue weighted by Crippen LogP contribution is -2.26. The highest BCUT2D eigenvalue weighted by molar-refractivity contribution is 5.78. The van der Waals surface area contributed by atoms with Gasteiger partial charge in [0.1, 0.15) is 11.6 Å². The van der Waals surface area contributed by atoms with Crippen LogP contribution in [-0.2, 0) is 24.2 Å². The number of aryl methyl sites for hydroxylation is 5. The molecule has 1 N–H and O–H groups in total. The molecule has 0 saturated heterocycles. The van der Waals surface area contributed by atoms with Crippen molar-refractivity contribution in [2.45, 2.75) is 72.3 Å². The van der Waals surface area contributed by atoms with Crippen molar-refractivity contribution in [3.05, 3.63) is 94.8 Å². The number of ether oxygens (including phenoxy) is 1. The van der Waals surface area contributed by atoms with Gasteiger partial charge in [-0.25, -0.2) is 4.98 Å². The van der Waals surface area contributed by atoms with Crippen molar-refractivity contribution in [1.29, 1.82) is 0 Å². The Hall–Kier alpha value is -3.60. The van der Waals surface area contributed by atoms with E-state index < -0.39 is 0 Å². The molecule has 0 saturated carbocycles. The van der Waals surface area contributed by atoms with Crippen molar-refractivity contribution in [2.75, 3.05) is 13.2 Å². The third-order valence-electron chi connectivity index (χ3n) is 7.12. The van der Waals surface area contributed by atoms with Gasteiger partial charge in [0, 0.05) is 19.5 Å². The molecule has 1 aromatic heterocycles.